The Bertz CT molecular complexity index is 628. The first-order valence-corrected chi connectivity index (χ1v) is 5.95. The third-order valence-electron chi connectivity index (χ3n) is 3.06. The molecule has 0 spiro atoms. The van der Waals surface area contributed by atoms with Crippen LogP contribution in [0.25, 0.3) is 0 Å². The fraction of sp³-hybridized carbons (Fsp3) is 0.143. The average Bonchev–Trinajstić information content (AvgIpc) is 2.47. The van der Waals surface area contributed by atoms with Gasteiger partial charge in [-0.05, 0) is 18.2 Å². The second-order valence-corrected chi connectivity index (χ2v) is 4.19. The molecule has 2 aromatic rings. The number of carbonyl (C=O) groups excluding carboxylic acids is 1. The van der Waals surface area contributed by atoms with Gasteiger partial charge in [0, 0.05) is 11.8 Å². The standard InChI is InChI=1S/C14H13N3O2/c1-19-11-7-3-2-5-9(11)13-16-12-10(14(18)17-13)6-4-8-15-12/h2-8,13H,1H3,(H,15,16)(H,17,18)/t13-/m1/s1. The van der Waals surface area contributed by atoms with Crippen molar-refractivity contribution in [3.05, 3.63) is 53.7 Å². The summed E-state index contributed by atoms with van der Waals surface area (Å²) in [6.45, 7) is 0. The van der Waals surface area contributed by atoms with Crippen LogP contribution in [0, 0.1) is 0 Å². The maximum Gasteiger partial charge on any atom is 0.256 e. The van der Waals surface area contributed by atoms with E-state index in [4.69, 9.17) is 4.74 Å². The summed E-state index contributed by atoms with van der Waals surface area (Å²) in [6, 6.07) is 11.0. The first-order valence-electron chi connectivity index (χ1n) is 5.95. The minimum absolute atomic E-state index is 0.141. The van der Waals surface area contributed by atoms with Crippen LogP contribution in [0.1, 0.15) is 22.1 Å². The van der Waals surface area contributed by atoms with Crippen molar-refractivity contribution in [2.24, 2.45) is 0 Å². The van der Waals surface area contributed by atoms with Gasteiger partial charge in [0.25, 0.3) is 5.91 Å². The van der Waals surface area contributed by atoms with Gasteiger partial charge in [-0.15, -0.1) is 0 Å². The Morgan fingerprint density at radius 3 is 2.84 bits per heavy atom. The van der Waals surface area contributed by atoms with Crippen molar-refractivity contribution in [1.82, 2.24) is 10.3 Å². The number of carbonyl (C=O) groups is 1. The Morgan fingerprint density at radius 2 is 2.00 bits per heavy atom. The molecule has 0 saturated heterocycles. The molecule has 5 nitrogen and oxygen atoms in total. The van der Waals surface area contributed by atoms with Crippen molar-refractivity contribution < 1.29 is 9.53 Å². The molecule has 1 atom stereocenters. The highest BCUT2D eigenvalue weighted by atomic mass is 16.5. The van der Waals surface area contributed by atoms with Gasteiger partial charge in [0.15, 0.2) is 0 Å². The maximum absolute atomic E-state index is 12.0. The van der Waals surface area contributed by atoms with Gasteiger partial charge in [0.1, 0.15) is 17.7 Å². The summed E-state index contributed by atoms with van der Waals surface area (Å²) in [4.78, 5) is 16.2. The van der Waals surface area contributed by atoms with Crippen LogP contribution in [0.15, 0.2) is 42.6 Å². The number of fused-ring (bicyclic) bond motifs is 1. The van der Waals surface area contributed by atoms with Crippen molar-refractivity contribution >= 4 is 11.7 Å². The van der Waals surface area contributed by atoms with Gasteiger partial charge in [-0.2, -0.15) is 0 Å². The lowest BCUT2D eigenvalue weighted by molar-refractivity contribution is 0.0934. The lowest BCUT2D eigenvalue weighted by atomic mass is 10.1. The van der Waals surface area contributed by atoms with Crippen LogP contribution in [-0.4, -0.2) is 18.0 Å². The zero-order chi connectivity index (χ0) is 13.2. The fourth-order valence-electron chi connectivity index (χ4n) is 2.15. The summed E-state index contributed by atoms with van der Waals surface area (Å²) < 4.78 is 5.31. The van der Waals surface area contributed by atoms with E-state index in [1.165, 1.54) is 0 Å². The molecule has 0 aliphatic carbocycles. The van der Waals surface area contributed by atoms with Gasteiger partial charge < -0.3 is 15.4 Å². The third-order valence-corrected chi connectivity index (χ3v) is 3.06. The minimum Gasteiger partial charge on any atom is -0.496 e. The molecule has 0 saturated carbocycles. The summed E-state index contributed by atoms with van der Waals surface area (Å²) in [5.41, 5.74) is 1.42. The lowest BCUT2D eigenvalue weighted by Crippen LogP contribution is -2.39. The zero-order valence-electron chi connectivity index (χ0n) is 10.4. The highest BCUT2D eigenvalue weighted by molar-refractivity contribution is 6.00. The number of benzene rings is 1. The third kappa shape index (κ3) is 1.99. The van der Waals surface area contributed by atoms with E-state index in [2.05, 4.69) is 15.6 Å². The van der Waals surface area contributed by atoms with Gasteiger partial charge in [0.05, 0.1) is 12.7 Å². The molecule has 2 N–H and O–H groups in total. The van der Waals surface area contributed by atoms with E-state index in [9.17, 15) is 4.79 Å². The SMILES string of the molecule is COc1ccccc1[C@H]1NC(=O)c2cccnc2N1. The Balaban J connectivity index is 1.99. The Hall–Kier alpha value is -2.56. The van der Waals surface area contributed by atoms with Gasteiger partial charge >= 0.3 is 0 Å². The maximum atomic E-state index is 12.0. The summed E-state index contributed by atoms with van der Waals surface area (Å²) in [7, 11) is 1.61. The highest BCUT2D eigenvalue weighted by Gasteiger charge is 2.26. The van der Waals surface area contributed by atoms with Crippen LogP contribution in [-0.2, 0) is 0 Å². The molecule has 0 radical (unpaired) electrons. The topological polar surface area (TPSA) is 63.2 Å². The molecular formula is C14H13N3O2. The van der Waals surface area contributed by atoms with Crippen molar-refractivity contribution in [3.63, 3.8) is 0 Å². The number of nitrogens with zero attached hydrogens (tertiary/aromatic N) is 1. The van der Waals surface area contributed by atoms with Gasteiger partial charge in [-0.25, -0.2) is 4.98 Å². The Kier molecular flexibility index (Phi) is 2.79. The smallest absolute Gasteiger partial charge is 0.256 e. The molecule has 0 bridgehead atoms. The Labute approximate surface area is 110 Å². The largest absolute Gasteiger partial charge is 0.496 e. The molecule has 0 unspecified atom stereocenters. The molecule has 5 heteroatoms. The predicted octanol–water partition coefficient (Wildman–Crippen LogP) is 1.94. The molecule has 19 heavy (non-hydrogen) atoms. The normalized spacial score (nSPS) is 17.1. The van der Waals surface area contributed by atoms with Crippen molar-refractivity contribution in [3.8, 4) is 5.75 Å². The van der Waals surface area contributed by atoms with Crippen molar-refractivity contribution in [1.29, 1.82) is 0 Å². The average molecular weight is 255 g/mol. The van der Waals surface area contributed by atoms with Gasteiger partial charge in [-0.3, -0.25) is 4.79 Å². The lowest BCUT2D eigenvalue weighted by Gasteiger charge is -2.28. The van der Waals surface area contributed by atoms with E-state index in [1.807, 2.05) is 24.3 Å². The van der Waals surface area contributed by atoms with E-state index < -0.39 is 0 Å². The highest BCUT2D eigenvalue weighted by Crippen LogP contribution is 2.29. The second kappa shape index (κ2) is 4.61. The molecule has 3 rings (SSSR count). The summed E-state index contributed by atoms with van der Waals surface area (Å²) in [5, 5.41) is 6.09. The number of pyridine rings is 1. The molecular weight excluding hydrogens is 242 g/mol. The summed E-state index contributed by atoms with van der Waals surface area (Å²) in [5.74, 6) is 1.17. The first-order chi connectivity index (χ1) is 9.29. The number of methoxy groups -OCH3 is 1. The monoisotopic (exact) mass is 255 g/mol. The van der Waals surface area contributed by atoms with Crippen LogP contribution in [0.5, 0.6) is 5.75 Å². The molecule has 1 aromatic carbocycles. The quantitative estimate of drug-likeness (QED) is 0.861. The van der Waals surface area contributed by atoms with Crippen LogP contribution in [0.2, 0.25) is 0 Å². The van der Waals surface area contributed by atoms with Crippen LogP contribution in [0.3, 0.4) is 0 Å². The molecule has 1 aliphatic heterocycles. The zero-order valence-corrected chi connectivity index (χ0v) is 10.4. The van der Waals surface area contributed by atoms with E-state index in [1.54, 1.807) is 25.4 Å². The number of amides is 1. The number of para-hydroxylation sites is 1. The predicted molar refractivity (Wildman–Crippen MR) is 71.1 cm³/mol. The number of rotatable bonds is 2. The molecule has 2 heterocycles. The number of hydrogen-bond donors (Lipinski definition) is 2. The number of nitrogens with one attached hydrogen (secondary N) is 2. The molecule has 96 valence electrons. The van der Waals surface area contributed by atoms with Crippen LogP contribution >= 0.6 is 0 Å². The van der Waals surface area contributed by atoms with Crippen molar-refractivity contribution in [2.75, 3.05) is 12.4 Å². The fourth-order valence-corrected chi connectivity index (χ4v) is 2.15. The first kappa shape index (κ1) is 11.5. The Morgan fingerprint density at radius 1 is 1.16 bits per heavy atom. The van der Waals surface area contributed by atoms with Gasteiger partial charge in [0.2, 0.25) is 0 Å². The van der Waals surface area contributed by atoms with Crippen LogP contribution < -0.4 is 15.4 Å². The van der Waals surface area contributed by atoms with E-state index >= 15 is 0 Å². The molecule has 1 aliphatic rings. The van der Waals surface area contributed by atoms with Crippen molar-refractivity contribution in [2.45, 2.75) is 6.17 Å². The van der Waals surface area contributed by atoms with Crippen LogP contribution in [0.4, 0.5) is 5.82 Å². The van der Waals surface area contributed by atoms with E-state index in [0.717, 1.165) is 11.3 Å². The minimum atomic E-state index is -0.342. The summed E-state index contributed by atoms with van der Waals surface area (Å²) >= 11 is 0. The molecule has 0 fully saturated rings. The molecule has 1 aromatic heterocycles. The van der Waals surface area contributed by atoms with E-state index in [-0.39, 0.29) is 12.1 Å². The number of aromatic nitrogens is 1. The second-order valence-electron chi connectivity index (χ2n) is 4.19. The number of ether oxygens (including phenoxy) is 1. The molecule has 1 amide bonds. The van der Waals surface area contributed by atoms with Gasteiger partial charge in [-0.1, -0.05) is 18.2 Å². The number of hydrogen-bond acceptors (Lipinski definition) is 4. The van der Waals surface area contributed by atoms with E-state index in [0.29, 0.717) is 11.4 Å². The number of anilines is 1. The summed E-state index contributed by atoms with van der Waals surface area (Å²) in [6.07, 6.45) is 1.31.